The molecule has 0 atom stereocenters. The maximum absolute atomic E-state index is 4.98. The minimum Gasteiger partial charge on any atom is -0.369 e. The van der Waals surface area contributed by atoms with Gasteiger partial charge in [0.15, 0.2) is 5.65 Å². The zero-order valence-corrected chi connectivity index (χ0v) is 19.0. The number of nitrogens with zero attached hydrogens (tertiary/aromatic N) is 5. The van der Waals surface area contributed by atoms with E-state index in [1.807, 2.05) is 12.4 Å². The van der Waals surface area contributed by atoms with Crippen LogP contribution in [0.5, 0.6) is 0 Å². The van der Waals surface area contributed by atoms with Gasteiger partial charge in [-0.3, -0.25) is 0 Å². The first-order chi connectivity index (χ1) is 15.6. The number of anilines is 1. The van der Waals surface area contributed by atoms with Gasteiger partial charge in [-0.05, 0) is 44.4 Å². The molecule has 0 bridgehead atoms. The summed E-state index contributed by atoms with van der Waals surface area (Å²) in [5, 5.41) is 0. The van der Waals surface area contributed by atoms with E-state index in [-0.39, 0.29) is 0 Å². The van der Waals surface area contributed by atoms with E-state index in [0.717, 1.165) is 66.3 Å². The minimum absolute atomic E-state index is 0.815. The van der Waals surface area contributed by atoms with E-state index < -0.39 is 0 Å². The molecule has 1 aliphatic heterocycles. The summed E-state index contributed by atoms with van der Waals surface area (Å²) in [5.74, 6) is 0. The Morgan fingerprint density at radius 1 is 0.906 bits per heavy atom. The van der Waals surface area contributed by atoms with Crippen LogP contribution in [0.3, 0.4) is 0 Å². The molecule has 1 saturated heterocycles. The molecule has 2 aromatic carbocycles. The second kappa shape index (κ2) is 8.73. The van der Waals surface area contributed by atoms with Crippen LogP contribution in [-0.2, 0) is 6.54 Å². The number of aromatic nitrogens is 3. The molecule has 0 aliphatic carbocycles. The molecule has 164 valence electrons. The number of fused-ring (bicyclic) bond motifs is 1. The zero-order chi connectivity index (χ0) is 22.1. The third-order valence-electron chi connectivity index (χ3n) is 6.18. The Balaban J connectivity index is 1.41. The average Bonchev–Trinajstić information content (AvgIpc) is 3.23. The van der Waals surface area contributed by atoms with Gasteiger partial charge in [0.1, 0.15) is 5.52 Å². The lowest BCUT2D eigenvalue weighted by molar-refractivity contribution is 0.313. The Bertz CT molecular complexity index is 1190. The zero-order valence-electron chi connectivity index (χ0n) is 19.0. The van der Waals surface area contributed by atoms with Crippen LogP contribution in [0.25, 0.3) is 33.5 Å². The van der Waals surface area contributed by atoms with E-state index in [2.05, 4.69) is 94.3 Å². The van der Waals surface area contributed by atoms with Gasteiger partial charge in [0.2, 0.25) is 0 Å². The smallest absolute Gasteiger partial charge is 0.156 e. The third-order valence-corrected chi connectivity index (χ3v) is 6.18. The summed E-state index contributed by atoms with van der Waals surface area (Å²) in [4.78, 5) is 19.9. The predicted molar refractivity (Wildman–Crippen MR) is 132 cm³/mol. The highest BCUT2D eigenvalue weighted by atomic mass is 15.2. The predicted octanol–water partition coefficient (Wildman–Crippen LogP) is 4.11. The second-order valence-electron chi connectivity index (χ2n) is 8.93. The lowest BCUT2D eigenvalue weighted by Gasteiger charge is -2.34. The Kier molecular flexibility index (Phi) is 5.64. The Labute approximate surface area is 189 Å². The summed E-state index contributed by atoms with van der Waals surface area (Å²) in [6.45, 7) is 5.29. The van der Waals surface area contributed by atoms with Crippen molar-refractivity contribution in [2.24, 2.45) is 0 Å². The van der Waals surface area contributed by atoms with E-state index in [1.165, 1.54) is 11.3 Å². The highest BCUT2D eigenvalue weighted by molar-refractivity contribution is 5.91. The van der Waals surface area contributed by atoms with Gasteiger partial charge < -0.3 is 19.7 Å². The second-order valence-corrected chi connectivity index (χ2v) is 8.93. The minimum atomic E-state index is 0.815. The molecule has 1 N–H and O–H groups in total. The monoisotopic (exact) mass is 426 g/mol. The molecule has 6 nitrogen and oxygen atoms in total. The van der Waals surface area contributed by atoms with Gasteiger partial charge in [-0.2, -0.15) is 0 Å². The number of nitrogens with one attached hydrogen (secondary N) is 1. The number of rotatable bonds is 5. The molecule has 1 fully saturated rings. The van der Waals surface area contributed by atoms with Gasteiger partial charge in [-0.25, -0.2) is 9.97 Å². The van der Waals surface area contributed by atoms with Crippen LogP contribution in [-0.4, -0.2) is 72.1 Å². The van der Waals surface area contributed by atoms with E-state index in [1.54, 1.807) is 0 Å². The highest BCUT2D eigenvalue weighted by Crippen LogP contribution is 2.29. The van der Waals surface area contributed by atoms with Gasteiger partial charge in [0.05, 0.1) is 11.9 Å². The normalized spacial score (nSPS) is 15.1. The van der Waals surface area contributed by atoms with Crippen molar-refractivity contribution in [3.05, 3.63) is 66.5 Å². The van der Waals surface area contributed by atoms with Crippen molar-refractivity contribution >= 4 is 16.9 Å². The van der Waals surface area contributed by atoms with Crippen LogP contribution in [0.2, 0.25) is 0 Å². The van der Waals surface area contributed by atoms with Crippen LogP contribution in [0, 0.1) is 0 Å². The van der Waals surface area contributed by atoms with Crippen molar-refractivity contribution < 1.29 is 0 Å². The number of H-pyrrole nitrogens is 1. The van der Waals surface area contributed by atoms with Crippen LogP contribution in [0.4, 0.5) is 5.69 Å². The van der Waals surface area contributed by atoms with E-state index >= 15 is 0 Å². The van der Waals surface area contributed by atoms with Crippen molar-refractivity contribution in [3.63, 3.8) is 0 Å². The van der Waals surface area contributed by atoms with Crippen molar-refractivity contribution in [1.29, 1.82) is 0 Å². The Morgan fingerprint density at radius 2 is 1.59 bits per heavy atom. The number of likely N-dealkylation sites (N-methyl/N-ethyl adjacent to an activating group) is 1. The summed E-state index contributed by atoms with van der Waals surface area (Å²) < 4.78 is 0. The molecule has 3 heterocycles. The van der Waals surface area contributed by atoms with Gasteiger partial charge in [0, 0.05) is 55.7 Å². The number of aromatic amines is 1. The third kappa shape index (κ3) is 4.24. The molecule has 1 aliphatic rings. The SMILES string of the molecule is CN(C)Cc1ccc(-c2c[nH]c3ncc(-c4ccc(N5CCN(C)CC5)cc4)nc23)cc1. The Morgan fingerprint density at radius 3 is 2.28 bits per heavy atom. The molecule has 6 heteroatoms. The van der Waals surface area contributed by atoms with Crippen LogP contribution in [0.15, 0.2) is 60.9 Å². The first kappa shape index (κ1) is 20.7. The molecule has 0 amide bonds. The van der Waals surface area contributed by atoms with E-state index in [9.17, 15) is 0 Å². The van der Waals surface area contributed by atoms with Gasteiger partial charge in [-0.1, -0.05) is 36.4 Å². The standard InChI is InChI=1S/C26H30N6/c1-30(2)18-19-4-6-20(7-5-19)23-16-27-26-25(23)29-24(17-28-26)21-8-10-22(11-9-21)32-14-12-31(3)13-15-32/h4-11,16-17H,12-15,18H2,1-3H3,(H,27,28). The molecule has 4 aromatic rings. The lowest BCUT2D eigenvalue weighted by atomic mass is 10.1. The quantitative estimate of drug-likeness (QED) is 0.521. The maximum atomic E-state index is 4.98. The summed E-state index contributed by atoms with van der Waals surface area (Å²) in [6.07, 6.45) is 3.86. The maximum Gasteiger partial charge on any atom is 0.156 e. The largest absolute Gasteiger partial charge is 0.369 e. The van der Waals surface area contributed by atoms with Crippen LogP contribution >= 0.6 is 0 Å². The first-order valence-corrected chi connectivity index (χ1v) is 11.2. The fourth-order valence-electron chi connectivity index (χ4n) is 4.31. The van der Waals surface area contributed by atoms with Crippen LogP contribution < -0.4 is 4.90 Å². The van der Waals surface area contributed by atoms with Crippen molar-refractivity contribution in [2.45, 2.75) is 6.54 Å². The van der Waals surface area contributed by atoms with Crippen molar-refractivity contribution in [1.82, 2.24) is 24.8 Å². The van der Waals surface area contributed by atoms with E-state index in [0.29, 0.717) is 0 Å². The first-order valence-electron chi connectivity index (χ1n) is 11.2. The lowest BCUT2D eigenvalue weighted by Crippen LogP contribution is -2.44. The van der Waals surface area contributed by atoms with E-state index in [4.69, 9.17) is 4.98 Å². The molecule has 0 saturated carbocycles. The van der Waals surface area contributed by atoms with Gasteiger partial charge in [-0.15, -0.1) is 0 Å². The molecule has 32 heavy (non-hydrogen) atoms. The average molecular weight is 427 g/mol. The summed E-state index contributed by atoms with van der Waals surface area (Å²) in [6, 6.07) is 17.4. The summed E-state index contributed by atoms with van der Waals surface area (Å²) in [7, 11) is 6.35. The summed E-state index contributed by atoms with van der Waals surface area (Å²) in [5.41, 5.74) is 8.51. The fourth-order valence-corrected chi connectivity index (χ4v) is 4.31. The molecule has 2 aromatic heterocycles. The van der Waals surface area contributed by atoms with Gasteiger partial charge >= 0.3 is 0 Å². The molecular formula is C26H30N6. The molecule has 0 unspecified atom stereocenters. The molecular weight excluding hydrogens is 396 g/mol. The summed E-state index contributed by atoms with van der Waals surface area (Å²) >= 11 is 0. The van der Waals surface area contributed by atoms with Crippen molar-refractivity contribution in [3.8, 4) is 22.4 Å². The van der Waals surface area contributed by atoms with Crippen LogP contribution in [0.1, 0.15) is 5.56 Å². The molecule has 0 radical (unpaired) electrons. The highest BCUT2D eigenvalue weighted by Gasteiger charge is 2.15. The number of hydrogen-bond donors (Lipinski definition) is 1. The topological polar surface area (TPSA) is 51.3 Å². The molecule has 0 spiro atoms. The molecule has 5 rings (SSSR count). The Hall–Kier alpha value is -3.22. The van der Waals surface area contributed by atoms with Crippen molar-refractivity contribution in [2.75, 3.05) is 52.2 Å². The van der Waals surface area contributed by atoms with Gasteiger partial charge in [0.25, 0.3) is 0 Å². The number of piperazine rings is 1. The number of benzene rings is 2. The number of hydrogen-bond acceptors (Lipinski definition) is 5. The fraction of sp³-hybridized carbons (Fsp3) is 0.308.